The Morgan fingerprint density at radius 2 is 1.09 bits per heavy atom. The van der Waals surface area contributed by atoms with Crippen LogP contribution in [-0.4, -0.2) is 34.1 Å². The van der Waals surface area contributed by atoms with Crippen molar-refractivity contribution in [2.45, 2.75) is 49.4 Å². The van der Waals surface area contributed by atoms with E-state index < -0.39 is 43.5 Å². The first kappa shape index (κ1) is 20.4. The van der Waals surface area contributed by atoms with Gasteiger partial charge in [-0.05, 0) is 12.8 Å². The largest absolute Gasteiger partial charge is 0.523 e. The SMILES string of the molecule is O=S(=O)(OC(OS(=O)(=O)C(F)(F)F)C1CCCCC1)C(F)(F)F. The standard InChI is InChI=1S/C9H12F6O6S2/c10-8(11,12)22(16,17)20-7(6-4-2-1-3-5-6)21-23(18,19)9(13,14)15/h6-7H,1-5H2. The Kier molecular flexibility index (Phi) is 5.97. The maximum atomic E-state index is 12.3. The van der Waals surface area contributed by atoms with Crippen molar-refractivity contribution in [2.24, 2.45) is 5.92 Å². The van der Waals surface area contributed by atoms with Gasteiger partial charge in [-0.3, -0.25) is 0 Å². The number of alkyl halides is 6. The highest BCUT2D eigenvalue weighted by Crippen LogP contribution is 2.36. The molecule has 6 nitrogen and oxygen atoms in total. The molecule has 0 atom stereocenters. The van der Waals surface area contributed by atoms with Crippen LogP contribution in [0.3, 0.4) is 0 Å². The number of hydrogen-bond acceptors (Lipinski definition) is 6. The average Bonchev–Trinajstić information content (AvgIpc) is 2.35. The van der Waals surface area contributed by atoms with Gasteiger partial charge in [-0.2, -0.15) is 43.2 Å². The van der Waals surface area contributed by atoms with Gasteiger partial charge >= 0.3 is 31.3 Å². The maximum absolute atomic E-state index is 12.3. The van der Waals surface area contributed by atoms with E-state index in [9.17, 15) is 43.2 Å². The van der Waals surface area contributed by atoms with Crippen LogP contribution in [-0.2, 0) is 28.6 Å². The van der Waals surface area contributed by atoms with E-state index in [-0.39, 0.29) is 12.8 Å². The van der Waals surface area contributed by atoms with Gasteiger partial charge in [0.2, 0.25) is 0 Å². The van der Waals surface area contributed by atoms with E-state index in [1.807, 2.05) is 0 Å². The fourth-order valence-corrected chi connectivity index (χ4v) is 3.10. The van der Waals surface area contributed by atoms with E-state index in [4.69, 9.17) is 0 Å². The molecule has 0 bridgehead atoms. The molecule has 1 aliphatic carbocycles. The Morgan fingerprint density at radius 1 is 0.739 bits per heavy atom. The van der Waals surface area contributed by atoms with Gasteiger partial charge in [0.1, 0.15) is 0 Å². The summed E-state index contributed by atoms with van der Waals surface area (Å²) in [6.07, 6.45) is -1.48. The molecule has 1 rings (SSSR count). The van der Waals surface area contributed by atoms with E-state index in [0.29, 0.717) is 19.3 Å². The van der Waals surface area contributed by atoms with Gasteiger partial charge in [-0.15, -0.1) is 0 Å². The topological polar surface area (TPSA) is 86.7 Å². The Labute approximate surface area is 128 Å². The predicted octanol–water partition coefficient (Wildman–Crippen LogP) is 2.63. The van der Waals surface area contributed by atoms with Crippen LogP contribution in [0.15, 0.2) is 0 Å². The van der Waals surface area contributed by atoms with Crippen LogP contribution in [0, 0.1) is 5.92 Å². The van der Waals surface area contributed by atoms with Crippen molar-refractivity contribution < 1.29 is 51.5 Å². The molecule has 23 heavy (non-hydrogen) atoms. The van der Waals surface area contributed by atoms with Crippen molar-refractivity contribution in [3.8, 4) is 0 Å². The van der Waals surface area contributed by atoms with Crippen LogP contribution in [0.5, 0.6) is 0 Å². The van der Waals surface area contributed by atoms with Crippen LogP contribution in [0.4, 0.5) is 26.3 Å². The second-order valence-electron chi connectivity index (χ2n) is 4.76. The zero-order chi connectivity index (χ0) is 18.1. The summed E-state index contributed by atoms with van der Waals surface area (Å²) in [4.78, 5) is 0. The van der Waals surface area contributed by atoms with Crippen molar-refractivity contribution in [3.05, 3.63) is 0 Å². The Morgan fingerprint density at radius 3 is 1.39 bits per heavy atom. The van der Waals surface area contributed by atoms with Crippen molar-refractivity contribution in [1.29, 1.82) is 0 Å². The zero-order valence-corrected chi connectivity index (χ0v) is 12.9. The summed E-state index contributed by atoms with van der Waals surface area (Å²) in [5.41, 5.74) is -11.9. The van der Waals surface area contributed by atoms with Gasteiger partial charge in [-0.25, -0.2) is 8.37 Å². The van der Waals surface area contributed by atoms with Crippen LogP contribution in [0.2, 0.25) is 0 Å². The molecular weight excluding hydrogens is 382 g/mol. The molecule has 0 saturated heterocycles. The van der Waals surface area contributed by atoms with Crippen molar-refractivity contribution >= 4 is 20.2 Å². The first-order chi connectivity index (χ1) is 10.2. The lowest BCUT2D eigenvalue weighted by molar-refractivity contribution is -0.104. The highest BCUT2D eigenvalue weighted by atomic mass is 32.2. The minimum Gasteiger partial charge on any atom is -0.230 e. The van der Waals surface area contributed by atoms with Crippen LogP contribution >= 0.6 is 0 Å². The molecule has 0 aliphatic heterocycles. The summed E-state index contributed by atoms with van der Waals surface area (Å²) in [7, 11) is -12.6. The highest BCUT2D eigenvalue weighted by molar-refractivity contribution is 7.88. The summed E-state index contributed by atoms with van der Waals surface area (Å²) >= 11 is 0. The summed E-state index contributed by atoms with van der Waals surface area (Å²) in [5.74, 6) is -1.24. The minimum atomic E-state index is -6.32. The van der Waals surface area contributed by atoms with Crippen molar-refractivity contribution in [2.75, 3.05) is 0 Å². The number of rotatable bonds is 5. The fourth-order valence-electron chi connectivity index (χ4n) is 1.94. The molecule has 0 N–H and O–H groups in total. The molecular formula is C9H12F6O6S2. The molecule has 0 aromatic rings. The zero-order valence-electron chi connectivity index (χ0n) is 11.2. The van der Waals surface area contributed by atoms with Gasteiger partial charge < -0.3 is 0 Å². The van der Waals surface area contributed by atoms with Crippen LogP contribution in [0.25, 0.3) is 0 Å². The molecule has 138 valence electrons. The first-order valence-corrected chi connectivity index (χ1v) is 8.98. The lowest BCUT2D eigenvalue weighted by Crippen LogP contribution is -2.40. The van der Waals surface area contributed by atoms with E-state index in [0.717, 1.165) is 0 Å². The molecule has 1 fully saturated rings. The molecule has 0 heterocycles. The minimum absolute atomic E-state index is 0.0363. The monoisotopic (exact) mass is 394 g/mol. The van der Waals surface area contributed by atoms with Crippen LogP contribution in [0.1, 0.15) is 32.1 Å². The Balaban J connectivity index is 3.08. The van der Waals surface area contributed by atoms with Crippen molar-refractivity contribution in [3.63, 3.8) is 0 Å². The van der Waals surface area contributed by atoms with E-state index >= 15 is 0 Å². The van der Waals surface area contributed by atoms with E-state index in [1.165, 1.54) is 0 Å². The molecule has 0 aromatic heterocycles. The van der Waals surface area contributed by atoms with E-state index in [1.54, 1.807) is 0 Å². The average molecular weight is 394 g/mol. The maximum Gasteiger partial charge on any atom is 0.523 e. The molecule has 1 saturated carbocycles. The molecule has 0 spiro atoms. The molecule has 0 radical (unpaired) electrons. The third-order valence-electron chi connectivity index (χ3n) is 3.04. The Hall–Kier alpha value is -0.600. The number of hydrogen-bond donors (Lipinski definition) is 0. The second-order valence-corrected chi connectivity index (χ2v) is 7.89. The summed E-state index contributed by atoms with van der Waals surface area (Å²) in [5, 5.41) is 0. The van der Waals surface area contributed by atoms with Crippen molar-refractivity contribution in [1.82, 2.24) is 0 Å². The van der Waals surface area contributed by atoms with Gasteiger partial charge in [-0.1, -0.05) is 19.3 Å². The molecule has 0 aromatic carbocycles. The third kappa shape index (κ3) is 5.19. The van der Waals surface area contributed by atoms with Crippen LogP contribution < -0.4 is 0 Å². The molecule has 0 amide bonds. The summed E-state index contributed by atoms with van der Waals surface area (Å²) < 4.78 is 125. The lowest BCUT2D eigenvalue weighted by Gasteiger charge is -2.29. The van der Waals surface area contributed by atoms with E-state index in [2.05, 4.69) is 8.37 Å². The van der Waals surface area contributed by atoms with Gasteiger partial charge in [0.25, 0.3) is 0 Å². The molecule has 14 heteroatoms. The second kappa shape index (κ2) is 6.72. The summed E-state index contributed by atoms with van der Waals surface area (Å²) in [6, 6.07) is 0. The number of halogens is 6. The predicted molar refractivity (Wildman–Crippen MR) is 62.5 cm³/mol. The smallest absolute Gasteiger partial charge is 0.230 e. The summed E-state index contributed by atoms with van der Waals surface area (Å²) in [6.45, 7) is 0. The third-order valence-corrected chi connectivity index (χ3v) is 5.06. The van der Waals surface area contributed by atoms with Gasteiger partial charge in [0, 0.05) is 5.92 Å². The molecule has 1 aliphatic rings. The quantitative estimate of drug-likeness (QED) is 0.308. The first-order valence-electron chi connectivity index (χ1n) is 6.16. The lowest BCUT2D eigenvalue weighted by atomic mass is 9.89. The molecule has 0 unspecified atom stereocenters. The normalized spacial score (nSPS) is 19.3. The fraction of sp³-hybridized carbons (Fsp3) is 1.00. The van der Waals surface area contributed by atoms with Gasteiger partial charge in [0.05, 0.1) is 0 Å². The highest BCUT2D eigenvalue weighted by Gasteiger charge is 2.54. The van der Waals surface area contributed by atoms with Gasteiger partial charge in [0.15, 0.2) is 6.29 Å². The Bertz CT molecular complexity index is 555.